The van der Waals surface area contributed by atoms with Crippen LogP contribution in [0.5, 0.6) is 0 Å². The van der Waals surface area contributed by atoms with E-state index in [1.807, 2.05) is 5.32 Å². The highest BCUT2D eigenvalue weighted by molar-refractivity contribution is 6.39. The molecule has 2 N–H and O–H groups in total. The molecule has 2 rings (SSSR count). The van der Waals surface area contributed by atoms with E-state index in [1.165, 1.54) is 17.7 Å². The van der Waals surface area contributed by atoms with Gasteiger partial charge in [-0.05, 0) is 44.2 Å². The van der Waals surface area contributed by atoms with Crippen LogP contribution < -0.4 is 10.6 Å². The van der Waals surface area contributed by atoms with Crippen LogP contribution in [0.1, 0.15) is 37.7 Å². The van der Waals surface area contributed by atoms with Crippen molar-refractivity contribution >= 4 is 17.5 Å². The molecule has 0 unspecified atom stereocenters. The maximum absolute atomic E-state index is 12.9. The van der Waals surface area contributed by atoms with Crippen molar-refractivity contribution in [2.75, 3.05) is 11.9 Å². The minimum Gasteiger partial charge on any atom is -0.348 e. The fraction of sp³-hybridized carbons (Fsp3) is 0.412. The Balaban J connectivity index is 1.88. The number of rotatable bonds is 4. The van der Waals surface area contributed by atoms with Crippen LogP contribution in [0.4, 0.5) is 18.9 Å². The van der Waals surface area contributed by atoms with Crippen molar-refractivity contribution in [3.05, 3.63) is 41.5 Å². The first kappa shape index (κ1) is 18.0. The van der Waals surface area contributed by atoms with E-state index in [-0.39, 0.29) is 0 Å². The third-order valence-electron chi connectivity index (χ3n) is 3.80. The van der Waals surface area contributed by atoms with Gasteiger partial charge in [0, 0.05) is 6.54 Å². The first-order chi connectivity index (χ1) is 11.4. The van der Waals surface area contributed by atoms with E-state index < -0.39 is 29.2 Å². The van der Waals surface area contributed by atoms with Crippen molar-refractivity contribution in [1.29, 1.82) is 0 Å². The zero-order valence-corrected chi connectivity index (χ0v) is 13.1. The Labute approximate surface area is 138 Å². The summed E-state index contributed by atoms with van der Waals surface area (Å²) in [7, 11) is 0. The van der Waals surface area contributed by atoms with Gasteiger partial charge in [0.05, 0.1) is 11.3 Å². The van der Waals surface area contributed by atoms with Crippen LogP contribution in [0.15, 0.2) is 35.9 Å². The number of halogens is 3. The van der Waals surface area contributed by atoms with E-state index in [1.54, 1.807) is 0 Å². The smallest absolute Gasteiger partial charge is 0.348 e. The standard InChI is InChI=1S/C17H19F3N2O2/c18-17(19,20)13-8-4-5-9-14(13)22-16(24)15(23)21-11-10-12-6-2-1-3-7-12/h4-6,8-9H,1-3,7,10-11H2,(H,21,23)(H,22,24). The summed E-state index contributed by atoms with van der Waals surface area (Å²) in [6.07, 6.45) is 2.48. The molecule has 24 heavy (non-hydrogen) atoms. The number of carbonyl (C=O) groups is 2. The van der Waals surface area contributed by atoms with Gasteiger partial charge in [0.2, 0.25) is 0 Å². The molecule has 1 aliphatic rings. The van der Waals surface area contributed by atoms with Gasteiger partial charge in [-0.25, -0.2) is 0 Å². The molecule has 4 nitrogen and oxygen atoms in total. The summed E-state index contributed by atoms with van der Waals surface area (Å²) in [4.78, 5) is 23.5. The summed E-state index contributed by atoms with van der Waals surface area (Å²) in [5.41, 5.74) is -0.178. The molecule has 7 heteroatoms. The molecule has 1 aliphatic carbocycles. The Morgan fingerprint density at radius 2 is 1.83 bits per heavy atom. The van der Waals surface area contributed by atoms with Crippen molar-refractivity contribution in [1.82, 2.24) is 5.32 Å². The van der Waals surface area contributed by atoms with Crippen LogP contribution in [0.3, 0.4) is 0 Å². The highest BCUT2D eigenvalue weighted by atomic mass is 19.4. The van der Waals surface area contributed by atoms with Crippen molar-refractivity contribution in [2.45, 2.75) is 38.3 Å². The number of allylic oxidation sites excluding steroid dienone is 1. The number of anilines is 1. The number of alkyl halides is 3. The number of hydrogen-bond acceptors (Lipinski definition) is 2. The van der Waals surface area contributed by atoms with Gasteiger partial charge < -0.3 is 10.6 Å². The second-order valence-corrected chi connectivity index (χ2v) is 5.61. The summed E-state index contributed by atoms with van der Waals surface area (Å²) in [5.74, 6) is -2.05. The molecule has 0 spiro atoms. The molecule has 1 aromatic carbocycles. The average Bonchev–Trinajstić information content (AvgIpc) is 2.55. The Kier molecular flexibility index (Phi) is 6.00. The molecule has 0 saturated carbocycles. The number of para-hydroxylation sites is 1. The largest absolute Gasteiger partial charge is 0.418 e. The van der Waals surface area contributed by atoms with Crippen LogP contribution in [-0.2, 0) is 15.8 Å². The molecule has 0 aliphatic heterocycles. The molecule has 2 amide bonds. The van der Waals surface area contributed by atoms with Crippen LogP contribution >= 0.6 is 0 Å². The predicted octanol–water partition coefficient (Wildman–Crippen LogP) is 3.65. The zero-order valence-electron chi connectivity index (χ0n) is 13.1. The zero-order chi connectivity index (χ0) is 17.6. The topological polar surface area (TPSA) is 58.2 Å². The number of hydrogen-bond donors (Lipinski definition) is 2. The molecule has 0 aromatic heterocycles. The van der Waals surface area contributed by atoms with Crippen molar-refractivity contribution < 1.29 is 22.8 Å². The Bertz CT molecular complexity index is 639. The summed E-state index contributed by atoms with van der Waals surface area (Å²) < 4.78 is 38.6. The lowest BCUT2D eigenvalue weighted by atomic mass is 9.97. The molecular weight excluding hydrogens is 321 g/mol. The van der Waals surface area contributed by atoms with Gasteiger partial charge in [-0.2, -0.15) is 13.2 Å². The maximum atomic E-state index is 12.9. The molecule has 0 radical (unpaired) electrons. The Hall–Kier alpha value is -2.31. The van der Waals surface area contributed by atoms with Crippen molar-refractivity contribution in [3.63, 3.8) is 0 Å². The monoisotopic (exact) mass is 340 g/mol. The molecule has 0 bridgehead atoms. The average molecular weight is 340 g/mol. The lowest BCUT2D eigenvalue weighted by Crippen LogP contribution is -2.36. The summed E-state index contributed by atoms with van der Waals surface area (Å²) in [5, 5.41) is 4.45. The second-order valence-electron chi connectivity index (χ2n) is 5.61. The first-order valence-electron chi connectivity index (χ1n) is 7.81. The number of amides is 2. The van der Waals surface area contributed by atoms with Gasteiger partial charge in [-0.3, -0.25) is 9.59 Å². The van der Waals surface area contributed by atoms with Gasteiger partial charge in [-0.1, -0.05) is 23.8 Å². The third-order valence-corrected chi connectivity index (χ3v) is 3.80. The Morgan fingerprint density at radius 3 is 2.50 bits per heavy atom. The van der Waals surface area contributed by atoms with E-state index in [0.717, 1.165) is 37.8 Å². The lowest BCUT2D eigenvalue weighted by Gasteiger charge is -2.14. The fourth-order valence-electron chi connectivity index (χ4n) is 2.57. The lowest BCUT2D eigenvalue weighted by molar-refractivity contribution is -0.138. The molecule has 1 aromatic rings. The van der Waals surface area contributed by atoms with Crippen LogP contribution in [0.25, 0.3) is 0 Å². The molecule has 0 heterocycles. The highest BCUT2D eigenvalue weighted by Gasteiger charge is 2.33. The SMILES string of the molecule is O=C(NCCC1=CCCCC1)C(=O)Nc1ccccc1C(F)(F)F. The molecule has 130 valence electrons. The highest BCUT2D eigenvalue weighted by Crippen LogP contribution is 2.34. The van der Waals surface area contributed by atoms with E-state index in [9.17, 15) is 22.8 Å². The number of carbonyl (C=O) groups excluding carboxylic acids is 2. The molecule has 0 saturated heterocycles. The van der Waals surface area contributed by atoms with E-state index in [0.29, 0.717) is 13.0 Å². The van der Waals surface area contributed by atoms with Gasteiger partial charge in [-0.15, -0.1) is 0 Å². The number of benzene rings is 1. The van der Waals surface area contributed by atoms with Gasteiger partial charge in [0.15, 0.2) is 0 Å². The molecule has 0 atom stereocenters. The minimum absolute atomic E-state index is 0.291. The van der Waals surface area contributed by atoms with Gasteiger partial charge in [0.1, 0.15) is 0 Å². The van der Waals surface area contributed by atoms with Crippen LogP contribution in [-0.4, -0.2) is 18.4 Å². The summed E-state index contributed by atoms with van der Waals surface area (Å²) in [6, 6.07) is 4.54. The normalized spacial score (nSPS) is 14.7. The third kappa shape index (κ3) is 5.11. The van der Waals surface area contributed by atoms with E-state index >= 15 is 0 Å². The van der Waals surface area contributed by atoms with Crippen LogP contribution in [0, 0.1) is 0 Å². The number of nitrogens with one attached hydrogen (secondary N) is 2. The van der Waals surface area contributed by atoms with Crippen molar-refractivity contribution in [3.8, 4) is 0 Å². The first-order valence-corrected chi connectivity index (χ1v) is 7.81. The maximum Gasteiger partial charge on any atom is 0.418 e. The summed E-state index contributed by atoms with van der Waals surface area (Å²) >= 11 is 0. The fourth-order valence-corrected chi connectivity index (χ4v) is 2.57. The molecule has 0 fully saturated rings. The summed E-state index contributed by atoms with van der Waals surface area (Å²) in [6.45, 7) is 0.291. The van der Waals surface area contributed by atoms with Crippen LogP contribution in [0.2, 0.25) is 0 Å². The predicted molar refractivity (Wildman–Crippen MR) is 84.3 cm³/mol. The van der Waals surface area contributed by atoms with Gasteiger partial charge >= 0.3 is 18.0 Å². The van der Waals surface area contributed by atoms with Gasteiger partial charge in [0.25, 0.3) is 0 Å². The minimum atomic E-state index is -4.60. The molecular formula is C17H19F3N2O2. The van der Waals surface area contributed by atoms with E-state index in [2.05, 4.69) is 11.4 Å². The quantitative estimate of drug-likeness (QED) is 0.649. The Morgan fingerprint density at radius 1 is 1.08 bits per heavy atom. The van der Waals surface area contributed by atoms with E-state index in [4.69, 9.17) is 0 Å². The second kappa shape index (κ2) is 7.99. The van der Waals surface area contributed by atoms with Crippen molar-refractivity contribution in [2.24, 2.45) is 0 Å².